The first-order chi connectivity index (χ1) is 9.54. The number of piperidine rings is 1. The fraction of sp³-hybridized carbons (Fsp3) is 0.733. The molecule has 112 valence electrons. The smallest absolute Gasteiger partial charge is 0.270 e. The van der Waals surface area contributed by atoms with Gasteiger partial charge in [-0.15, -0.1) is 11.3 Å². The van der Waals surface area contributed by atoms with Crippen LogP contribution in [0.15, 0.2) is 5.38 Å². The summed E-state index contributed by atoms with van der Waals surface area (Å²) in [6, 6.07) is 0. The number of hydrogen-bond donors (Lipinski definition) is 1. The minimum absolute atomic E-state index is 0.0477. The van der Waals surface area contributed by atoms with Crippen LogP contribution in [0.25, 0.3) is 0 Å². The molecule has 0 spiro atoms. The van der Waals surface area contributed by atoms with Crippen LogP contribution in [-0.2, 0) is 6.54 Å². The van der Waals surface area contributed by atoms with Gasteiger partial charge in [-0.3, -0.25) is 9.69 Å². The average Bonchev–Trinajstić information content (AvgIpc) is 2.87. The lowest BCUT2D eigenvalue weighted by atomic mass is 9.99. The molecule has 0 unspecified atom stereocenters. The van der Waals surface area contributed by atoms with Crippen LogP contribution in [-0.4, -0.2) is 35.4 Å². The van der Waals surface area contributed by atoms with Crippen LogP contribution in [0, 0.1) is 11.8 Å². The molecule has 1 aliphatic rings. The Kier molecular flexibility index (Phi) is 5.54. The fourth-order valence-corrected chi connectivity index (χ4v) is 3.10. The topological polar surface area (TPSA) is 45.2 Å². The van der Waals surface area contributed by atoms with E-state index in [-0.39, 0.29) is 5.91 Å². The van der Waals surface area contributed by atoms with Crippen molar-refractivity contribution in [3.8, 4) is 0 Å². The summed E-state index contributed by atoms with van der Waals surface area (Å²) in [4.78, 5) is 18.8. The largest absolute Gasteiger partial charge is 0.350 e. The summed E-state index contributed by atoms with van der Waals surface area (Å²) in [7, 11) is 0. The number of nitrogens with zero attached hydrogens (tertiary/aromatic N) is 2. The number of thiazole rings is 1. The monoisotopic (exact) mass is 295 g/mol. The lowest BCUT2D eigenvalue weighted by molar-refractivity contribution is 0.0944. The number of nitrogens with one attached hydrogen (secondary N) is 1. The molecule has 5 heteroatoms. The highest BCUT2D eigenvalue weighted by atomic mass is 32.1. The molecule has 1 saturated heterocycles. The van der Waals surface area contributed by atoms with Crippen LogP contribution in [0.3, 0.4) is 0 Å². The summed E-state index contributed by atoms with van der Waals surface area (Å²) < 4.78 is 0. The Hall–Kier alpha value is -0.940. The highest BCUT2D eigenvalue weighted by molar-refractivity contribution is 7.09. The maximum atomic E-state index is 11.9. The Morgan fingerprint density at radius 1 is 1.50 bits per heavy atom. The number of carbonyl (C=O) groups is 1. The van der Waals surface area contributed by atoms with Gasteiger partial charge in [-0.05, 0) is 37.8 Å². The zero-order valence-corrected chi connectivity index (χ0v) is 13.5. The van der Waals surface area contributed by atoms with Gasteiger partial charge >= 0.3 is 0 Å². The van der Waals surface area contributed by atoms with Crippen molar-refractivity contribution in [2.75, 3.05) is 19.6 Å². The molecular weight excluding hydrogens is 270 g/mol. The van der Waals surface area contributed by atoms with Gasteiger partial charge in [0.1, 0.15) is 10.7 Å². The van der Waals surface area contributed by atoms with E-state index < -0.39 is 0 Å². The second-order valence-corrected chi connectivity index (χ2v) is 7.13. The van der Waals surface area contributed by atoms with Gasteiger partial charge in [0.25, 0.3) is 5.91 Å². The number of carbonyl (C=O) groups excluding carboxylic acids is 1. The van der Waals surface area contributed by atoms with Crippen molar-refractivity contribution in [3.63, 3.8) is 0 Å². The summed E-state index contributed by atoms with van der Waals surface area (Å²) in [5.74, 6) is 1.26. The molecule has 0 radical (unpaired) electrons. The molecule has 0 atom stereocenters. The average molecular weight is 295 g/mol. The molecular formula is C15H25N3OS. The van der Waals surface area contributed by atoms with Crippen molar-refractivity contribution in [2.45, 2.75) is 40.2 Å². The Morgan fingerprint density at radius 3 is 2.85 bits per heavy atom. The second-order valence-electron chi connectivity index (χ2n) is 6.19. The van der Waals surface area contributed by atoms with Gasteiger partial charge in [0.05, 0.1) is 6.54 Å². The number of rotatable bonds is 5. The van der Waals surface area contributed by atoms with Gasteiger partial charge in [0.2, 0.25) is 0 Å². The normalized spacial score (nSPS) is 17.6. The number of likely N-dealkylation sites (tertiary alicyclic amines) is 1. The molecule has 4 nitrogen and oxygen atoms in total. The molecule has 0 saturated carbocycles. The van der Waals surface area contributed by atoms with Crippen LogP contribution in [0.5, 0.6) is 0 Å². The molecule has 1 amide bonds. The summed E-state index contributed by atoms with van der Waals surface area (Å²) in [6.07, 6.45) is 2.54. The predicted octanol–water partition coefficient (Wildman–Crippen LogP) is 2.76. The lowest BCUT2D eigenvalue weighted by Gasteiger charge is -2.29. The lowest BCUT2D eigenvalue weighted by Crippen LogP contribution is -2.32. The fourth-order valence-electron chi connectivity index (χ4n) is 2.29. The first kappa shape index (κ1) is 15.4. The Balaban J connectivity index is 1.84. The number of hydrogen-bond acceptors (Lipinski definition) is 4. The van der Waals surface area contributed by atoms with Crippen LogP contribution in [0.2, 0.25) is 0 Å². The van der Waals surface area contributed by atoms with Gasteiger partial charge in [-0.2, -0.15) is 0 Å². The quantitative estimate of drug-likeness (QED) is 0.908. The van der Waals surface area contributed by atoms with E-state index in [4.69, 9.17) is 0 Å². The zero-order valence-electron chi connectivity index (χ0n) is 12.7. The zero-order chi connectivity index (χ0) is 14.5. The van der Waals surface area contributed by atoms with Crippen LogP contribution >= 0.6 is 11.3 Å². The third-order valence-electron chi connectivity index (χ3n) is 3.69. The highest BCUT2D eigenvalue weighted by Crippen LogP contribution is 2.19. The van der Waals surface area contributed by atoms with Crippen molar-refractivity contribution >= 4 is 17.2 Å². The number of amides is 1. The Labute approximate surface area is 125 Å². The first-order valence-corrected chi connectivity index (χ1v) is 8.37. The molecule has 1 aromatic rings. The van der Waals surface area contributed by atoms with E-state index in [1.54, 1.807) is 11.3 Å². The van der Waals surface area contributed by atoms with E-state index in [9.17, 15) is 4.79 Å². The molecule has 0 bridgehead atoms. The summed E-state index contributed by atoms with van der Waals surface area (Å²) in [5, 5.41) is 5.84. The molecule has 2 heterocycles. The molecule has 1 aromatic heterocycles. The second kappa shape index (κ2) is 7.18. The minimum Gasteiger partial charge on any atom is -0.350 e. The van der Waals surface area contributed by atoms with Gasteiger partial charge in [0.15, 0.2) is 0 Å². The predicted molar refractivity (Wildman–Crippen MR) is 83.0 cm³/mol. The third-order valence-corrected chi connectivity index (χ3v) is 4.52. The minimum atomic E-state index is -0.0477. The summed E-state index contributed by atoms with van der Waals surface area (Å²) >= 11 is 1.59. The molecule has 2 rings (SSSR count). The molecule has 20 heavy (non-hydrogen) atoms. The SMILES string of the molecule is CC(C)CNC(=O)c1csc(CN2CCC(C)CC2)n1. The third kappa shape index (κ3) is 4.56. The van der Waals surface area contributed by atoms with Crippen LogP contribution < -0.4 is 5.32 Å². The van der Waals surface area contributed by atoms with E-state index in [1.165, 1.54) is 12.8 Å². The van der Waals surface area contributed by atoms with Crippen molar-refractivity contribution in [1.82, 2.24) is 15.2 Å². The summed E-state index contributed by atoms with van der Waals surface area (Å²) in [6.45, 7) is 10.4. The van der Waals surface area contributed by atoms with Crippen molar-refractivity contribution in [1.29, 1.82) is 0 Å². The van der Waals surface area contributed by atoms with Crippen LogP contribution in [0.1, 0.15) is 49.1 Å². The first-order valence-electron chi connectivity index (χ1n) is 7.49. The van der Waals surface area contributed by atoms with E-state index in [0.717, 1.165) is 30.6 Å². The van der Waals surface area contributed by atoms with E-state index >= 15 is 0 Å². The van der Waals surface area contributed by atoms with Gasteiger partial charge in [-0.1, -0.05) is 20.8 Å². The van der Waals surface area contributed by atoms with Crippen molar-refractivity contribution in [3.05, 3.63) is 16.1 Å². The van der Waals surface area contributed by atoms with Crippen molar-refractivity contribution in [2.24, 2.45) is 11.8 Å². The molecule has 0 aromatic carbocycles. The molecule has 1 fully saturated rings. The van der Waals surface area contributed by atoms with Gasteiger partial charge in [-0.25, -0.2) is 4.98 Å². The number of aromatic nitrogens is 1. The summed E-state index contributed by atoms with van der Waals surface area (Å²) in [5.41, 5.74) is 0.566. The molecule has 0 aliphatic carbocycles. The van der Waals surface area contributed by atoms with E-state index in [2.05, 4.69) is 36.0 Å². The Morgan fingerprint density at radius 2 is 2.20 bits per heavy atom. The standard InChI is InChI=1S/C15H25N3OS/c1-11(2)8-16-15(19)13-10-20-14(17-13)9-18-6-4-12(3)5-7-18/h10-12H,4-9H2,1-3H3,(H,16,19). The van der Waals surface area contributed by atoms with E-state index in [0.29, 0.717) is 18.2 Å². The maximum Gasteiger partial charge on any atom is 0.270 e. The van der Waals surface area contributed by atoms with Crippen molar-refractivity contribution < 1.29 is 4.79 Å². The van der Waals surface area contributed by atoms with Gasteiger partial charge in [0, 0.05) is 11.9 Å². The van der Waals surface area contributed by atoms with E-state index in [1.807, 2.05) is 5.38 Å². The van der Waals surface area contributed by atoms with Gasteiger partial charge < -0.3 is 5.32 Å². The molecule has 1 aliphatic heterocycles. The maximum absolute atomic E-state index is 11.9. The Bertz CT molecular complexity index is 436. The van der Waals surface area contributed by atoms with Crippen LogP contribution in [0.4, 0.5) is 0 Å². The highest BCUT2D eigenvalue weighted by Gasteiger charge is 2.18. The molecule has 1 N–H and O–H groups in total.